The second-order valence-electron chi connectivity index (χ2n) is 8.42. The largest absolute Gasteiger partial charge is 0.507 e. The summed E-state index contributed by atoms with van der Waals surface area (Å²) in [5.74, 6) is 0.264. The van der Waals surface area contributed by atoms with Gasteiger partial charge in [-0.2, -0.15) is 0 Å². The molecule has 0 aromatic heterocycles. The van der Waals surface area contributed by atoms with Crippen molar-refractivity contribution in [1.29, 1.82) is 0 Å². The molecule has 0 bridgehead atoms. The second-order valence-corrected chi connectivity index (χ2v) is 8.42. The zero-order valence-electron chi connectivity index (χ0n) is 20.3. The van der Waals surface area contributed by atoms with Gasteiger partial charge in [0.25, 0.3) is 0 Å². The average molecular weight is 504 g/mol. The maximum atomic E-state index is 13.4. The van der Waals surface area contributed by atoms with Gasteiger partial charge in [-0.3, -0.25) is 4.79 Å². The summed E-state index contributed by atoms with van der Waals surface area (Å²) in [6.45, 7) is 3.02. The molecule has 0 amide bonds. The quantitative estimate of drug-likeness (QED) is 0.424. The minimum Gasteiger partial charge on any atom is -0.507 e. The fraction of sp³-hybridized carbons (Fsp3) is 0.400. The molecule has 0 aliphatic carbocycles. The fourth-order valence-electron chi connectivity index (χ4n) is 4.11. The van der Waals surface area contributed by atoms with E-state index in [1.165, 1.54) is 47.3 Å². The molecule has 2 heterocycles. The van der Waals surface area contributed by atoms with Crippen LogP contribution in [0.1, 0.15) is 28.4 Å². The first-order chi connectivity index (χ1) is 17.1. The summed E-state index contributed by atoms with van der Waals surface area (Å²) in [5.41, 5.74) is 0.720. The maximum absolute atomic E-state index is 13.4. The number of fused-ring (bicyclic) bond motifs is 1. The van der Waals surface area contributed by atoms with Crippen molar-refractivity contribution in [2.45, 2.75) is 44.6 Å². The summed E-state index contributed by atoms with van der Waals surface area (Å²) >= 11 is 0. The van der Waals surface area contributed by atoms with Crippen LogP contribution in [0.5, 0.6) is 34.5 Å². The highest BCUT2D eigenvalue weighted by Crippen LogP contribution is 2.46. The van der Waals surface area contributed by atoms with E-state index in [1.807, 2.05) is 0 Å². The molecule has 11 heteroatoms. The predicted octanol–water partition coefficient (Wildman–Crippen LogP) is 1.55. The number of phenols is 1. The van der Waals surface area contributed by atoms with Crippen molar-refractivity contribution >= 4 is 11.9 Å². The number of hydrogen-bond donors (Lipinski definition) is 4. The molecule has 2 aliphatic rings. The third-order valence-corrected chi connectivity index (χ3v) is 6.16. The number of benzene rings is 2. The van der Waals surface area contributed by atoms with E-state index < -0.39 is 36.5 Å². The number of aromatic hydroxyl groups is 1. The Labute approximate surface area is 207 Å². The van der Waals surface area contributed by atoms with Crippen molar-refractivity contribution in [3.63, 3.8) is 0 Å². The van der Waals surface area contributed by atoms with Crippen molar-refractivity contribution in [3.05, 3.63) is 40.6 Å². The number of rotatable bonds is 6. The maximum Gasteiger partial charge on any atom is 0.235 e. The Morgan fingerprint density at radius 2 is 1.56 bits per heavy atom. The van der Waals surface area contributed by atoms with Crippen molar-refractivity contribution in [1.82, 2.24) is 0 Å². The fourth-order valence-corrected chi connectivity index (χ4v) is 4.11. The smallest absolute Gasteiger partial charge is 0.235 e. The molecule has 0 radical (unpaired) electrons. The van der Waals surface area contributed by atoms with E-state index in [9.17, 15) is 25.2 Å². The van der Waals surface area contributed by atoms with Gasteiger partial charge in [-0.05, 0) is 37.6 Å². The molecule has 1 saturated heterocycles. The molecular formula is C25H28O11. The highest BCUT2D eigenvalue weighted by atomic mass is 16.7. The van der Waals surface area contributed by atoms with E-state index >= 15 is 0 Å². The Morgan fingerprint density at radius 1 is 0.917 bits per heavy atom. The highest BCUT2D eigenvalue weighted by molar-refractivity contribution is 6.16. The van der Waals surface area contributed by atoms with Gasteiger partial charge in [0.2, 0.25) is 17.8 Å². The topological polar surface area (TPSA) is 153 Å². The molecule has 4 N–H and O–H groups in total. The number of aliphatic hydroxyl groups is 3. The van der Waals surface area contributed by atoms with Gasteiger partial charge in [-0.1, -0.05) is 0 Å². The molecule has 5 atom stereocenters. The minimum absolute atomic E-state index is 0.00746. The van der Waals surface area contributed by atoms with Gasteiger partial charge in [0.1, 0.15) is 41.1 Å². The molecule has 1 fully saturated rings. The number of Topliss-reactive ketones (excluding diaryl/α,β-unsaturated/α-hetero) is 1. The van der Waals surface area contributed by atoms with Crippen LogP contribution in [0, 0.1) is 6.92 Å². The average Bonchev–Trinajstić information content (AvgIpc) is 3.16. The van der Waals surface area contributed by atoms with Crippen LogP contribution >= 0.6 is 0 Å². The predicted molar refractivity (Wildman–Crippen MR) is 125 cm³/mol. The number of carbonyl (C=O) groups is 1. The number of allylic oxidation sites excluding steroid dienone is 1. The van der Waals surface area contributed by atoms with Gasteiger partial charge >= 0.3 is 0 Å². The van der Waals surface area contributed by atoms with E-state index in [-0.39, 0.29) is 34.1 Å². The highest BCUT2D eigenvalue weighted by Gasteiger charge is 2.44. The Balaban J connectivity index is 1.72. The van der Waals surface area contributed by atoms with Gasteiger partial charge in [0.05, 0.1) is 27.4 Å². The molecule has 194 valence electrons. The lowest BCUT2D eigenvalue weighted by atomic mass is 9.99. The van der Waals surface area contributed by atoms with Gasteiger partial charge in [-0.25, -0.2) is 0 Å². The lowest BCUT2D eigenvalue weighted by Gasteiger charge is -2.39. The minimum atomic E-state index is -1.61. The van der Waals surface area contributed by atoms with Gasteiger partial charge in [0.15, 0.2) is 17.3 Å². The molecule has 2 aromatic carbocycles. The zero-order valence-corrected chi connectivity index (χ0v) is 20.3. The molecule has 2 aliphatic heterocycles. The number of phenolic OH excluding ortho intramolecular Hbond substituents is 1. The molecule has 4 rings (SSSR count). The van der Waals surface area contributed by atoms with Crippen molar-refractivity contribution in [2.24, 2.45) is 0 Å². The first-order valence-electron chi connectivity index (χ1n) is 11.1. The lowest BCUT2D eigenvalue weighted by Crippen LogP contribution is -2.58. The summed E-state index contributed by atoms with van der Waals surface area (Å²) in [6.07, 6.45) is -5.28. The number of methoxy groups -OCH3 is 3. The monoisotopic (exact) mass is 504 g/mol. The van der Waals surface area contributed by atoms with Crippen LogP contribution in [-0.2, 0) is 4.74 Å². The van der Waals surface area contributed by atoms with E-state index in [0.717, 1.165) is 0 Å². The first-order valence-corrected chi connectivity index (χ1v) is 11.1. The van der Waals surface area contributed by atoms with Crippen molar-refractivity contribution in [2.75, 3.05) is 21.3 Å². The molecular weight excluding hydrogens is 476 g/mol. The Hall–Kier alpha value is -3.51. The number of ketones is 1. The Bertz CT molecular complexity index is 1180. The molecule has 11 nitrogen and oxygen atoms in total. The molecule has 0 saturated carbocycles. The van der Waals surface area contributed by atoms with E-state index in [2.05, 4.69) is 0 Å². The molecule has 2 aromatic rings. The standard InChI is InChI=1S/C25H28O11/c1-10-13(26)9-14-18(23(10)36-25-22(30)21(29)19(27)11(2)34-25)20(28)15(35-14)6-12-7-16(31-3)24(33-5)17(8-12)32-4/h6-9,11,19,21-22,25-27,29-30H,1-5H3/t11-,19+,21+,22-,25+/m1/s1. The van der Waals surface area contributed by atoms with Gasteiger partial charge in [0, 0.05) is 11.6 Å². The first kappa shape index (κ1) is 25.6. The number of ether oxygens (including phenoxy) is 6. The summed E-state index contributed by atoms with van der Waals surface area (Å²) in [4.78, 5) is 13.4. The van der Waals surface area contributed by atoms with Crippen LogP contribution in [0.4, 0.5) is 0 Å². The van der Waals surface area contributed by atoms with Gasteiger partial charge < -0.3 is 48.8 Å². The van der Waals surface area contributed by atoms with E-state index in [0.29, 0.717) is 22.8 Å². The van der Waals surface area contributed by atoms with Crippen molar-refractivity contribution < 1.29 is 53.6 Å². The van der Waals surface area contributed by atoms with E-state index in [1.54, 1.807) is 12.1 Å². The third-order valence-electron chi connectivity index (χ3n) is 6.16. The second kappa shape index (κ2) is 9.86. The number of aliphatic hydroxyl groups excluding tert-OH is 3. The third kappa shape index (κ3) is 4.30. The van der Waals surface area contributed by atoms with E-state index in [4.69, 9.17) is 28.4 Å². The van der Waals surface area contributed by atoms with Gasteiger partial charge in [-0.15, -0.1) is 0 Å². The Morgan fingerprint density at radius 3 is 2.14 bits per heavy atom. The van der Waals surface area contributed by atoms with Crippen molar-refractivity contribution in [3.8, 4) is 34.5 Å². The van der Waals surface area contributed by atoms with Crippen LogP contribution < -0.4 is 23.7 Å². The molecule has 0 spiro atoms. The summed E-state index contributed by atoms with van der Waals surface area (Å²) in [7, 11) is 4.41. The van der Waals surface area contributed by atoms with Crippen LogP contribution in [0.3, 0.4) is 0 Å². The normalized spacial score (nSPS) is 26.4. The summed E-state index contributed by atoms with van der Waals surface area (Å²) < 4.78 is 33.1. The number of carbonyl (C=O) groups excluding carboxylic acids is 1. The summed E-state index contributed by atoms with van der Waals surface area (Å²) in [5, 5.41) is 40.9. The lowest BCUT2D eigenvalue weighted by molar-refractivity contribution is -0.268. The SMILES string of the molecule is COc1cc(C=C2Oc3cc(O)c(C)c(O[C@@H]4O[C@H](C)[C@H](O)[C@H](O)[C@H]4O)c3C2=O)cc(OC)c1OC. The van der Waals surface area contributed by atoms with Crippen LogP contribution in [0.2, 0.25) is 0 Å². The number of hydrogen-bond acceptors (Lipinski definition) is 11. The summed E-state index contributed by atoms with van der Waals surface area (Å²) in [6, 6.07) is 4.55. The molecule has 0 unspecified atom stereocenters. The molecule has 36 heavy (non-hydrogen) atoms. The Kier molecular flexibility index (Phi) is 7.01. The van der Waals surface area contributed by atoms with Crippen LogP contribution in [-0.4, -0.2) is 78.2 Å². The zero-order chi connectivity index (χ0) is 26.3. The van der Waals surface area contributed by atoms with Crippen LogP contribution in [0.25, 0.3) is 6.08 Å². The van der Waals surface area contributed by atoms with Crippen LogP contribution in [0.15, 0.2) is 24.0 Å².